The van der Waals surface area contributed by atoms with Crippen LogP contribution in [0.3, 0.4) is 0 Å². The molecule has 150 valence electrons. The monoisotopic (exact) mass is 412 g/mol. The van der Waals surface area contributed by atoms with Gasteiger partial charge in [-0.25, -0.2) is 4.98 Å². The smallest absolute Gasteiger partial charge is 0.221 e. The fraction of sp³-hybridized carbons (Fsp3) is 0.150. The molecule has 0 bridgehead atoms. The summed E-state index contributed by atoms with van der Waals surface area (Å²) in [6.45, 7) is 1.47. The summed E-state index contributed by atoms with van der Waals surface area (Å²) >= 11 is 1.42. The van der Waals surface area contributed by atoms with E-state index in [9.17, 15) is 9.90 Å². The number of hydrazone groups is 1. The van der Waals surface area contributed by atoms with E-state index in [2.05, 4.69) is 20.8 Å². The van der Waals surface area contributed by atoms with Crippen LogP contribution in [0.15, 0.2) is 46.9 Å². The van der Waals surface area contributed by atoms with Gasteiger partial charge in [0.25, 0.3) is 0 Å². The first-order chi connectivity index (χ1) is 14.0. The van der Waals surface area contributed by atoms with Crippen LogP contribution in [-0.2, 0) is 4.79 Å². The van der Waals surface area contributed by atoms with Crippen molar-refractivity contribution in [3.8, 4) is 28.5 Å². The average molecular weight is 412 g/mol. The molecule has 0 fully saturated rings. The first-order valence-electron chi connectivity index (χ1n) is 8.57. The highest BCUT2D eigenvalue weighted by atomic mass is 32.1. The van der Waals surface area contributed by atoms with Crippen molar-refractivity contribution in [3.05, 3.63) is 47.3 Å². The van der Waals surface area contributed by atoms with Crippen molar-refractivity contribution in [3.63, 3.8) is 0 Å². The molecule has 1 heterocycles. The lowest BCUT2D eigenvalue weighted by atomic mass is 10.1. The van der Waals surface area contributed by atoms with Crippen LogP contribution >= 0.6 is 11.3 Å². The van der Waals surface area contributed by atoms with E-state index in [1.807, 2.05) is 29.6 Å². The Labute approximate surface area is 171 Å². The third kappa shape index (κ3) is 5.02. The fourth-order valence-corrected chi connectivity index (χ4v) is 3.20. The standard InChI is InChI=1S/C20H20N4O4S/c1-12(25)22-15-6-4-14(5-7-15)16-11-29-20(23-16)24-21-10-13-8-17(27-2)19(26)18(9-13)28-3/h4-11,26H,1-3H3,(H,22,25)(H,23,24)/b21-10-. The molecule has 29 heavy (non-hydrogen) atoms. The lowest BCUT2D eigenvalue weighted by Gasteiger charge is -2.09. The second-order valence-corrected chi connectivity index (χ2v) is 6.80. The predicted octanol–water partition coefficient (Wildman–Crippen LogP) is 3.94. The van der Waals surface area contributed by atoms with Crippen LogP contribution in [0.1, 0.15) is 12.5 Å². The molecule has 0 aliphatic carbocycles. The molecule has 0 aliphatic rings. The van der Waals surface area contributed by atoms with Crippen LogP contribution in [-0.4, -0.2) is 36.4 Å². The topological polar surface area (TPSA) is 105 Å². The van der Waals surface area contributed by atoms with Gasteiger partial charge in [-0.1, -0.05) is 12.1 Å². The van der Waals surface area contributed by atoms with Gasteiger partial charge in [0, 0.05) is 29.1 Å². The van der Waals surface area contributed by atoms with E-state index in [-0.39, 0.29) is 11.7 Å². The number of phenolic OH excluding ortho intramolecular Hbond substituents is 1. The minimum Gasteiger partial charge on any atom is -0.502 e. The zero-order valence-electron chi connectivity index (χ0n) is 16.1. The average Bonchev–Trinajstić information content (AvgIpc) is 3.18. The summed E-state index contributed by atoms with van der Waals surface area (Å²) in [5.74, 6) is 0.420. The highest BCUT2D eigenvalue weighted by Gasteiger charge is 2.10. The van der Waals surface area contributed by atoms with Gasteiger partial charge in [0.05, 0.1) is 26.1 Å². The Balaban J connectivity index is 1.68. The first-order valence-corrected chi connectivity index (χ1v) is 9.45. The number of anilines is 2. The minimum absolute atomic E-state index is 0.0609. The van der Waals surface area contributed by atoms with Gasteiger partial charge in [0.15, 0.2) is 11.5 Å². The normalized spacial score (nSPS) is 10.7. The lowest BCUT2D eigenvalue weighted by molar-refractivity contribution is -0.114. The third-order valence-electron chi connectivity index (χ3n) is 3.88. The molecule has 0 aliphatic heterocycles. The highest BCUT2D eigenvalue weighted by Crippen LogP contribution is 2.36. The SMILES string of the molecule is COc1cc(/C=N\Nc2nc(-c3ccc(NC(C)=O)cc3)cs2)cc(OC)c1O. The molecule has 2 aromatic carbocycles. The summed E-state index contributed by atoms with van der Waals surface area (Å²) in [5.41, 5.74) is 6.04. The lowest BCUT2D eigenvalue weighted by Crippen LogP contribution is -2.05. The van der Waals surface area contributed by atoms with Crippen LogP contribution in [0.25, 0.3) is 11.3 Å². The highest BCUT2D eigenvalue weighted by molar-refractivity contribution is 7.14. The summed E-state index contributed by atoms with van der Waals surface area (Å²) in [5, 5.41) is 19.4. The molecule has 0 unspecified atom stereocenters. The molecule has 3 aromatic rings. The maximum absolute atomic E-state index is 11.1. The van der Waals surface area contributed by atoms with Crippen molar-refractivity contribution >= 4 is 34.3 Å². The van der Waals surface area contributed by atoms with Crippen LogP contribution in [0, 0.1) is 0 Å². The second-order valence-electron chi connectivity index (χ2n) is 5.94. The Morgan fingerprint density at radius 1 is 1.17 bits per heavy atom. The second kappa shape index (κ2) is 9.07. The minimum atomic E-state index is -0.111. The van der Waals surface area contributed by atoms with E-state index in [0.29, 0.717) is 22.2 Å². The molecule has 3 N–H and O–H groups in total. The number of carbonyl (C=O) groups excluding carboxylic acids is 1. The maximum Gasteiger partial charge on any atom is 0.221 e. The van der Waals surface area contributed by atoms with Crippen LogP contribution in [0.4, 0.5) is 10.8 Å². The summed E-state index contributed by atoms with van der Waals surface area (Å²) in [6, 6.07) is 10.7. The summed E-state index contributed by atoms with van der Waals surface area (Å²) in [4.78, 5) is 15.6. The molecule has 1 aromatic heterocycles. The Morgan fingerprint density at radius 3 is 2.41 bits per heavy atom. The van der Waals surface area contributed by atoms with Gasteiger partial charge < -0.3 is 19.9 Å². The fourth-order valence-electron chi connectivity index (χ4n) is 2.54. The number of hydrogen-bond donors (Lipinski definition) is 3. The van der Waals surface area contributed by atoms with Crippen LogP contribution in [0.2, 0.25) is 0 Å². The van der Waals surface area contributed by atoms with E-state index >= 15 is 0 Å². The molecular formula is C20H20N4O4S. The number of hydrogen-bond acceptors (Lipinski definition) is 8. The van der Waals surface area contributed by atoms with Gasteiger partial charge in [0.2, 0.25) is 16.8 Å². The molecule has 9 heteroatoms. The number of carbonyl (C=O) groups is 1. The number of aromatic nitrogens is 1. The number of ether oxygens (including phenoxy) is 2. The molecule has 3 rings (SSSR count). The van der Waals surface area contributed by atoms with Crippen molar-refractivity contribution in [2.75, 3.05) is 25.0 Å². The number of aromatic hydroxyl groups is 1. The number of amides is 1. The van der Waals surface area contributed by atoms with Crippen molar-refractivity contribution in [2.24, 2.45) is 5.10 Å². The molecular weight excluding hydrogens is 392 g/mol. The Morgan fingerprint density at radius 2 is 1.83 bits per heavy atom. The van der Waals surface area contributed by atoms with Gasteiger partial charge in [-0.2, -0.15) is 5.10 Å². The van der Waals surface area contributed by atoms with Crippen molar-refractivity contribution in [1.82, 2.24) is 4.98 Å². The predicted molar refractivity (Wildman–Crippen MR) is 114 cm³/mol. The van der Waals surface area contributed by atoms with Crippen molar-refractivity contribution in [1.29, 1.82) is 0 Å². The Bertz CT molecular complexity index is 1010. The summed E-state index contributed by atoms with van der Waals surface area (Å²) in [6.07, 6.45) is 1.58. The van der Waals surface area contributed by atoms with Crippen LogP contribution in [0.5, 0.6) is 17.2 Å². The van der Waals surface area contributed by atoms with E-state index in [4.69, 9.17) is 9.47 Å². The van der Waals surface area contributed by atoms with Gasteiger partial charge in [-0.3, -0.25) is 10.2 Å². The maximum atomic E-state index is 11.1. The van der Waals surface area contributed by atoms with E-state index in [1.54, 1.807) is 18.3 Å². The van der Waals surface area contributed by atoms with E-state index in [0.717, 1.165) is 16.9 Å². The Hall–Kier alpha value is -3.59. The molecule has 8 nitrogen and oxygen atoms in total. The van der Waals surface area contributed by atoms with Crippen LogP contribution < -0.4 is 20.2 Å². The molecule has 0 saturated heterocycles. The van der Waals surface area contributed by atoms with Gasteiger partial charge in [-0.15, -0.1) is 11.3 Å². The van der Waals surface area contributed by atoms with E-state index < -0.39 is 0 Å². The van der Waals surface area contributed by atoms with E-state index in [1.165, 1.54) is 32.5 Å². The molecule has 0 saturated carbocycles. The van der Waals surface area contributed by atoms with Crippen molar-refractivity contribution < 1.29 is 19.4 Å². The third-order valence-corrected chi connectivity index (χ3v) is 4.63. The number of phenols is 1. The first kappa shape index (κ1) is 20.2. The molecule has 0 atom stereocenters. The number of rotatable bonds is 7. The molecule has 1 amide bonds. The number of methoxy groups -OCH3 is 2. The number of benzene rings is 2. The summed E-state index contributed by atoms with van der Waals surface area (Å²) in [7, 11) is 2.93. The van der Waals surface area contributed by atoms with Gasteiger partial charge in [0.1, 0.15) is 0 Å². The quantitative estimate of drug-likeness (QED) is 0.401. The summed E-state index contributed by atoms with van der Waals surface area (Å²) < 4.78 is 10.3. The largest absolute Gasteiger partial charge is 0.502 e. The number of nitrogens with zero attached hydrogens (tertiary/aromatic N) is 2. The zero-order valence-corrected chi connectivity index (χ0v) is 16.9. The zero-order chi connectivity index (χ0) is 20.8. The Kier molecular flexibility index (Phi) is 6.30. The number of thiazole rings is 1. The number of nitrogens with one attached hydrogen (secondary N) is 2. The van der Waals surface area contributed by atoms with Crippen molar-refractivity contribution in [2.45, 2.75) is 6.92 Å². The molecule has 0 radical (unpaired) electrons. The van der Waals surface area contributed by atoms with Gasteiger partial charge >= 0.3 is 0 Å². The van der Waals surface area contributed by atoms with Gasteiger partial charge in [-0.05, 0) is 24.3 Å². The molecule has 0 spiro atoms.